The van der Waals surface area contributed by atoms with Gasteiger partial charge in [0.05, 0.1) is 18.0 Å². The Bertz CT molecular complexity index is 462. The molecule has 3 nitrogen and oxygen atoms in total. The Kier molecular flexibility index (Phi) is 3.01. The standard InChI is InChI=1S/C12H13FN2O/c1-8(16)6-10-7-14-15-12(10)9-2-4-11(13)5-3-9/h2-5,7-8,16H,6H2,1H3,(H,14,15)/t8-/m0/s1. The zero-order valence-electron chi connectivity index (χ0n) is 8.94. The molecule has 0 spiro atoms. The van der Waals surface area contributed by atoms with Crippen LogP contribution in [0.4, 0.5) is 4.39 Å². The van der Waals surface area contributed by atoms with Gasteiger partial charge >= 0.3 is 0 Å². The number of aliphatic hydroxyl groups excluding tert-OH is 1. The number of aromatic amines is 1. The van der Waals surface area contributed by atoms with Gasteiger partial charge in [-0.05, 0) is 31.2 Å². The molecule has 0 saturated carbocycles. The quantitative estimate of drug-likeness (QED) is 0.832. The second-order valence-electron chi connectivity index (χ2n) is 3.83. The number of halogens is 1. The Morgan fingerprint density at radius 2 is 2.06 bits per heavy atom. The van der Waals surface area contributed by atoms with Crippen molar-refractivity contribution in [1.29, 1.82) is 0 Å². The lowest BCUT2D eigenvalue weighted by Crippen LogP contribution is -2.04. The average molecular weight is 220 g/mol. The van der Waals surface area contributed by atoms with Crippen molar-refractivity contribution in [2.24, 2.45) is 0 Å². The summed E-state index contributed by atoms with van der Waals surface area (Å²) >= 11 is 0. The molecule has 0 saturated heterocycles. The topological polar surface area (TPSA) is 48.9 Å². The van der Waals surface area contributed by atoms with Crippen LogP contribution in [0.25, 0.3) is 11.3 Å². The van der Waals surface area contributed by atoms with Crippen LogP contribution in [0.15, 0.2) is 30.5 Å². The van der Waals surface area contributed by atoms with E-state index >= 15 is 0 Å². The van der Waals surface area contributed by atoms with Crippen LogP contribution >= 0.6 is 0 Å². The number of rotatable bonds is 3. The molecule has 1 atom stereocenters. The van der Waals surface area contributed by atoms with Gasteiger partial charge in [0.25, 0.3) is 0 Å². The molecular formula is C12H13FN2O. The van der Waals surface area contributed by atoms with Crippen LogP contribution in [-0.2, 0) is 6.42 Å². The summed E-state index contributed by atoms with van der Waals surface area (Å²) < 4.78 is 12.8. The Morgan fingerprint density at radius 3 is 2.69 bits per heavy atom. The van der Waals surface area contributed by atoms with Crippen molar-refractivity contribution in [2.75, 3.05) is 0 Å². The van der Waals surface area contributed by atoms with Crippen LogP contribution in [0, 0.1) is 5.82 Å². The van der Waals surface area contributed by atoms with E-state index in [9.17, 15) is 9.50 Å². The number of hydrogen-bond acceptors (Lipinski definition) is 2. The maximum atomic E-state index is 12.8. The fourth-order valence-corrected chi connectivity index (χ4v) is 1.65. The van der Waals surface area contributed by atoms with Crippen LogP contribution < -0.4 is 0 Å². The highest BCUT2D eigenvalue weighted by molar-refractivity contribution is 5.62. The first-order chi connectivity index (χ1) is 7.66. The Hall–Kier alpha value is -1.68. The zero-order valence-corrected chi connectivity index (χ0v) is 8.94. The summed E-state index contributed by atoms with van der Waals surface area (Å²) in [5.74, 6) is -0.264. The van der Waals surface area contributed by atoms with Gasteiger partial charge < -0.3 is 5.11 Å². The lowest BCUT2D eigenvalue weighted by molar-refractivity contribution is 0.195. The van der Waals surface area contributed by atoms with E-state index in [0.29, 0.717) is 6.42 Å². The lowest BCUT2D eigenvalue weighted by atomic mass is 10.0. The van der Waals surface area contributed by atoms with Crippen LogP contribution in [0.1, 0.15) is 12.5 Å². The number of hydrogen-bond donors (Lipinski definition) is 2. The van der Waals surface area contributed by atoms with E-state index in [1.807, 2.05) is 0 Å². The molecule has 4 heteroatoms. The van der Waals surface area contributed by atoms with Gasteiger partial charge in [0.1, 0.15) is 5.82 Å². The number of H-pyrrole nitrogens is 1. The Balaban J connectivity index is 2.33. The fraction of sp³-hybridized carbons (Fsp3) is 0.250. The van der Waals surface area contributed by atoms with E-state index in [1.165, 1.54) is 12.1 Å². The Labute approximate surface area is 92.9 Å². The van der Waals surface area contributed by atoms with Crippen LogP contribution in [0.3, 0.4) is 0 Å². The van der Waals surface area contributed by atoms with Gasteiger partial charge in [-0.2, -0.15) is 5.10 Å². The molecule has 84 valence electrons. The summed E-state index contributed by atoms with van der Waals surface area (Å²) in [6, 6.07) is 6.19. The highest BCUT2D eigenvalue weighted by Crippen LogP contribution is 2.22. The smallest absolute Gasteiger partial charge is 0.123 e. The SMILES string of the molecule is C[C@H](O)Cc1cn[nH]c1-c1ccc(F)cc1. The predicted octanol–water partition coefficient (Wildman–Crippen LogP) is 2.14. The highest BCUT2D eigenvalue weighted by atomic mass is 19.1. The molecule has 0 aliphatic heterocycles. The van der Waals surface area contributed by atoms with Gasteiger partial charge in [-0.1, -0.05) is 0 Å². The molecule has 1 aromatic carbocycles. The number of nitrogens with zero attached hydrogens (tertiary/aromatic N) is 1. The monoisotopic (exact) mass is 220 g/mol. The van der Waals surface area contributed by atoms with Gasteiger partial charge in [-0.25, -0.2) is 4.39 Å². The summed E-state index contributed by atoms with van der Waals surface area (Å²) in [7, 11) is 0. The molecule has 16 heavy (non-hydrogen) atoms. The fourth-order valence-electron chi connectivity index (χ4n) is 1.65. The molecule has 2 N–H and O–H groups in total. The minimum absolute atomic E-state index is 0.264. The largest absolute Gasteiger partial charge is 0.393 e. The third kappa shape index (κ3) is 2.28. The Morgan fingerprint density at radius 1 is 1.38 bits per heavy atom. The molecule has 0 bridgehead atoms. The van der Waals surface area contributed by atoms with E-state index in [4.69, 9.17) is 0 Å². The van der Waals surface area contributed by atoms with Crippen LogP contribution in [-0.4, -0.2) is 21.4 Å². The molecule has 0 aliphatic rings. The summed E-state index contributed by atoms with van der Waals surface area (Å²) in [4.78, 5) is 0. The first-order valence-corrected chi connectivity index (χ1v) is 5.13. The molecule has 0 amide bonds. The predicted molar refractivity (Wildman–Crippen MR) is 59.4 cm³/mol. The third-order valence-corrected chi connectivity index (χ3v) is 2.37. The molecular weight excluding hydrogens is 207 g/mol. The summed E-state index contributed by atoms with van der Waals surface area (Å²) in [6.07, 6.45) is 1.80. The van der Waals surface area contributed by atoms with Gasteiger partial charge in [-0.3, -0.25) is 5.10 Å². The van der Waals surface area contributed by atoms with Crippen LogP contribution in [0.2, 0.25) is 0 Å². The number of aromatic nitrogens is 2. The van der Waals surface area contributed by atoms with Crippen molar-refractivity contribution < 1.29 is 9.50 Å². The van der Waals surface area contributed by atoms with Gasteiger partial charge in [0.2, 0.25) is 0 Å². The van der Waals surface area contributed by atoms with E-state index in [2.05, 4.69) is 10.2 Å². The minimum Gasteiger partial charge on any atom is -0.393 e. The first-order valence-electron chi connectivity index (χ1n) is 5.13. The second kappa shape index (κ2) is 4.45. The maximum absolute atomic E-state index is 12.8. The normalized spacial score (nSPS) is 12.7. The maximum Gasteiger partial charge on any atom is 0.123 e. The highest BCUT2D eigenvalue weighted by Gasteiger charge is 2.09. The van der Waals surface area contributed by atoms with Crippen molar-refractivity contribution in [2.45, 2.75) is 19.4 Å². The molecule has 1 heterocycles. The summed E-state index contributed by atoms with van der Waals surface area (Å²) in [5.41, 5.74) is 2.64. The average Bonchev–Trinajstić information content (AvgIpc) is 2.66. The van der Waals surface area contributed by atoms with Crippen molar-refractivity contribution >= 4 is 0 Å². The van der Waals surface area contributed by atoms with Gasteiger partial charge in [0.15, 0.2) is 0 Å². The molecule has 0 fully saturated rings. The van der Waals surface area contributed by atoms with Crippen molar-refractivity contribution in [3.63, 3.8) is 0 Å². The second-order valence-corrected chi connectivity index (χ2v) is 3.83. The third-order valence-electron chi connectivity index (χ3n) is 2.37. The zero-order chi connectivity index (χ0) is 11.5. The summed E-state index contributed by atoms with van der Waals surface area (Å²) in [5, 5.41) is 16.1. The van der Waals surface area contributed by atoms with Gasteiger partial charge in [0, 0.05) is 17.5 Å². The van der Waals surface area contributed by atoms with Crippen molar-refractivity contribution in [3.8, 4) is 11.3 Å². The molecule has 0 unspecified atom stereocenters. The van der Waals surface area contributed by atoms with E-state index in [0.717, 1.165) is 16.8 Å². The number of benzene rings is 1. The van der Waals surface area contributed by atoms with E-state index in [-0.39, 0.29) is 5.82 Å². The molecule has 2 aromatic rings. The minimum atomic E-state index is -0.420. The molecule has 2 rings (SSSR count). The molecule has 0 aliphatic carbocycles. The molecule has 1 aromatic heterocycles. The lowest BCUT2D eigenvalue weighted by Gasteiger charge is -2.05. The van der Waals surface area contributed by atoms with Crippen molar-refractivity contribution in [1.82, 2.24) is 10.2 Å². The van der Waals surface area contributed by atoms with E-state index in [1.54, 1.807) is 25.3 Å². The van der Waals surface area contributed by atoms with E-state index < -0.39 is 6.10 Å². The van der Waals surface area contributed by atoms with Crippen molar-refractivity contribution in [3.05, 3.63) is 41.8 Å². The molecule has 0 radical (unpaired) electrons. The summed E-state index contributed by atoms with van der Waals surface area (Å²) in [6.45, 7) is 1.72. The number of nitrogens with one attached hydrogen (secondary N) is 1. The number of aliphatic hydroxyl groups is 1. The van der Waals surface area contributed by atoms with Crippen LogP contribution in [0.5, 0.6) is 0 Å². The first kappa shape index (κ1) is 10.8. The van der Waals surface area contributed by atoms with Gasteiger partial charge in [-0.15, -0.1) is 0 Å².